The Morgan fingerprint density at radius 2 is 1.74 bits per heavy atom. The van der Waals surface area contributed by atoms with Crippen LogP contribution < -0.4 is 5.32 Å². The fourth-order valence-corrected chi connectivity index (χ4v) is 2.84. The monoisotopic (exact) mass is 352 g/mol. The van der Waals surface area contributed by atoms with E-state index < -0.39 is 27.7 Å². The maximum Gasteiger partial charge on any atom is 0.416 e. The van der Waals surface area contributed by atoms with Gasteiger partial charge in [-0.25, -0.2) is 12.7 Å². The second-order valence-corrected chi connectivity index (χ2v) is 6.98. The largest absolute Gasteiger partial charge is 0.416 e. The van der Waals surface area contributed by atoms with Crippen molar-refractivity contribution in [1.29, 1.82) is 0 Å². The topological polar surface area (TPSA) is 66.5 Å². The molecule has 0 unspecified atom stereocenters. The molecule has 1 amide bonds. The Hall–Kier alpha value is -1.61. The SMILES string of the molecule is CCCN(CCNC(=O)c1ccc(C(F)(F)F)cc1)S(C)(=O)=O. The second-order valence-electron chi connectivity index (χ2n) is 4.99. The Kier molecular flexibility index (Phi) is 6.57. The lowest BCUT2D eigenvalue weighted by atomic mass is 10.1. The number of carbonyl (C=O) groups excluding carboxylic acids is 1. The van der Waals surface area contributed by atoms with Crippen LogP contribution in [0.15, 0.2) is 24.3 Å². The van der Waals surface area contributed by atoms with Gasteiger partial charge in [-0.2, -0.15) is 13.2 Å². The molecule has 1 aromatic rings. The number of alkyl halides is 3. The van der Waals surface area contributed by atoms with Gasteiger partial charge in [0, 0.05) is 25.2 Å². The van der Waals surface area contributed by atoms with E-state index in [4.69, 9.17) is 0 Å². The molecule has 0 saturated carbocycles. The molecule has 0 atom stereocenters. The lowest BCUT2D eigenvalue weighted by molar-refractivity contribution is -0.137. The van der Waals surface area contributed by atoms with Crippen molar-refractivity contribution in [1.82, 2.24) is 9.62 Å². The summed E-state index contributed by atoms with van der Waals surface area (Å²) in [5, 5.41) is 2.49. The van der Waals surface area contributed by atoms with Crippen LogP contribution in [0, 0.1) is 0 Å². The molecule has 9 heteroatoms. The van der Waals surface area contributed by atoms with Gasteiger partial charge >= 0.3 is 6.18 Å². The lowest BCUT2D eigenvalue weighted by Crippen LogP contribution is -2.38. The van der Waals surface area contributed by atoms with Gasteiger partial charge in [0.15, 0.2) is 0 Å². The third-order valence-corrected chi connectivity index (χ3v) is 4.37. The zero-order valence-corrected chi connectivity index (χ0v) is 13.7. The first-order chi connectivity index (χ1) is 10.6. The third-order valence-electron chi connectivity index (χ3n) is 3.06. The zero-order chi connectivity index (χ0) is 17.7. The normalized spacial score (nSPS) is 12.4. The van der Waals surface area contributed by atoms with Crippen LogP contribution in [0.2, 0.25) is 0 Å². The minimum atomic E-state index is -4.45. The predicted octanol–water partition coefficient (Wildman–Crippen LogP) is 2.11. The molecule has 0 bridgehead atoms. The third kappa shape index (κ3) is 6.19. The van der Waals surface area contributed by atoms with Crippen molar-refractivity contribution in [2.45, 2.75) is 19.5 Å². The number of hydrogen-bond donors (Lipinski definition) is 1. The van der Waals surface area contributed by atoms with Gasteiger partial charge in [-0.3, -0.25) is 4.79 Å². The first-order valence-corrected chi connectivity index (χ1v) is 8.81. The average molecular weight is 352 g/mol. The Bertz CT molecular complexity index is 628. The van der Waals surface area contributed by atoms with E-state index in [0.717, 1.165) is 30.5 Å². The first kappa shape index (κ1) is 19.4. The standard InChI is InChI=1S/C14H19F3N2O3S/c1-3-9-19(23(2,21)22)10-8-18-13(20)11-4-6-12(7-5-11)14(15,16)17/h4-7H,3,8-10H2,1-2H3,(H,18,20). The van der Waals surface area contributed by atoms with Gasteiger partial charge < -0.3 is 5.32 Å². The van der Waals surface area contributed by atoms with Crippen LogP contribution in [-0.2, 0) is 16.2 Å². The Morgan fingerprint density at radius 3 is 2.17 bits per heavy atom. The fraction of sp³-hybridized carbons (Fsp3) is 0.500. The number of rotatable bonds is 7. The predicted molar refractivity (Wildman–Crippen MR) is 80.5 cm³/mol. The van der Waals surface area contributed by atoms with Crippen LogP contribution in [-0.4, -0.2) is 44.5 Å². The molecule has 0 spiro atoms. The van der Waals surface area contributed by atoms with E-state index in [2.05, 4.69) is 5.32 Å². The molecule has 0 heterocycles. The number of carbonyl (C=O) groups is 1. The van der Waals surface area contributed by atoms with Crippen molar-refractivity contribution in [3.8, 4) is 0 Å². The molecule has 0 saturated heterocycles. The molecule has 5 nitrogen and oxygen atoms in total. The maximum atomic E-state index is 12.4. The molecule has 1 rings (SSSR count). The van der Waals surface area contributed by atoms with Crippen LogP contribution in [0.1, 0.15) is 29.3 Å². The van der Waals surface area contributed by atoms with E-state index in [-0.39, 0.29) is 18.7 Å². The van der Waals surface area contributed by atoms with Gasteiger partial charge in [-0.05, 0) is 30.7 Å². The van der Waals surface area contributed by atoms with E-state index in [1.807, 2.05) is 6.92 Å². The number of sulfonamides is 1. The summed E-state index contributed by atoms with van der Waals surface area (Å²) in [6, 6.07) is 3.82. The smallest absolute Gasteiger partial charge is 0.351 e. The van der Waals surface area contributed by atoms with Gasteiger partial charge in [0.2, 0.25) is 10.0 Å². The highest BCUT2D eigenvalue weighted by Crippen LogP contribution is 2.29. The van der Waals surface area contributed by atoms with Crippen LogP contribution in [0.3, 0.4) is 0 Å². The Balaban J connectivity index is 2.60. The lowest BCUT2D eigenvalue weighted by Gasteiger charge is -2.19. The first-order valence-electron chi connectivity index (χ1n) is 6.96. The molecule has 1 aromatic carbocycles. The minimum absolute atomic E-state index is 0.0763. The highest BCUT2D eigenvalue weighted by atomic mass is 32.2. The van der Waals surface area contributed by atoms with Crippen molar-refractivity contribution in [2.75, 3.05) is 25.9 Å². The molecule has 130 valence electrons. The quantitative estimate of drug-likeness (QED) is 0.817. The molecule has 0 radical (unpaired) electrons. The van der Waals surface area contributed by atoms with Gasteiger partial charge in [0.1, 0.15) is 0 Å². The fourth-order valence-electron chi connectivity index (χ4n) is 1.90. The van der Waals surface area contributed by atoms with E-state index >= 15 is 0 Å². The van der Waals surface area contributed by atoms with Crippen molar-refractivity contribution in [2.24, 2.45) is 0 Å². The summed E-state index contributed by atoms with van der Waals surface area (Å²) in [5.74, 6) is -0.552. The molecule has 0 aliphatic carbocycles. The van der Waals surface area contributed by atoms with E-state index in [0.29, 0.717) is 13.0 Å². The summed E-state index contributed by atoms with van der Waals surface area (Å²) in [6.45, 7) is 2.36. The molecule has 0 aromatic heterocycles. The molecule has 0 aliphatic rings. The summed E-state index contributed by atoms with van der Waals surface area (Å²) in [4.78, 5) is 11.8. The molecule has 0 fully saturated rings. The van der Waals surface area contributed by atoms with Crippen LogP contribution in [0.25, 0.3) is 0 Å². The van der Waals surface area contributed by atoms with Crippen molar-refractivity contribution >= 4 is 15.9 Å². The van der Waals surface area contributed by atoms with Crippen LogP contribution >= 0.6 is 0 Å². The minimum Gasteiger partial charge on any atom is -0.351 e. The van der Waals surface area contributed by atoms with Gasteiger partial charge in [0.05, 0.1) is 11.8 Å². The summed E-state index contributed by atoms with van der Waals surface area (Å²) >= 11 is 0. The highest BCUT2D eigenvalue weighted by molar-refractivity contribution is 7.88. The van der Waals surface area contributed by atoms with E-state index in [9.17, 15) is 26.4 Å². The van der Waals surface area contributed by atoms with Crippen molar-refractivity contribution in [3.63, 3.8) is 0 Å². The summed E-state index contributed by atoms with van der Waals surface area (Å²) in [5.41, 5.74) is -0.750. The average Bonchev–Trinajstić information content (AvgIpc) is 2.44. The number of nitrogens with one attached hydrogen (secondary N) is 1. The number of benzene rings is 1. The molecule has 0 aliphatic heterocycles. The number of hydrogen-bond acceptors (Lipinski definition) is 3. The van der Waals surface area contributed by atoms with Gasteiger partial charge in [0.25, 0.3) is 5.91 Å². The molecule has 1 N–H and O–H groups in total. The molecular weight excluding hydrogens is 333 g/mol. The Labute approximate surface area is 133 Å². The van der Waals surface area contributed by atoms with E-state index in [1.165, 1.54) is 4.31 Å². The molecule has 23 heavy (non-hydrogen) atoms. The van der Waals surface area contributed by atoms with Gasteiger partial charge in [-0.15, -0.1) is 0 Å². The zero-order valence-electron chi connectivity index (χ0n) is 12.9. The van der Waals surface area contributed by atoms with Crippen LogP contribution in [0.4, 0.5) is 13.2 Å². The number of amides is 1. The van der Waals surface area contributed by atoms with Gasteiger partial charge in [-0.1, -0.05) is 6.92 Å². The highest BCUT2D eigenvalue weighted by Gasteiger charge is 2.30. The van der Waals surface area contributed by atoms with Crippen molar-refractivity contribution in [3.05, 3.63) is 35.4 Å². The number of halogens is 3. The molecular formula is C14H19F3N2O3S. The summed E-state index contributed by atoms with van der Waals surface area (Å²) < 4.78 is 61.5. The maximum absolute atomic E-state index is 12.4. The van der Waals surface area contributed by atoms with Crippen LogP contribution in [0.5, 0.6) is 0 Å². The summed E-state index contributed by atoms with van der Waals surface area (Å²) in [6.07, 6.45) is -2.73. The number of nitrogens with zero attached hydrogens (tertiary/aromatic N) is 1. The van der Waals surface area contributed by atoms with Crippen molar-refractivity contribution < 1.29 is 26.4 Å². The second kappa shape index (κ2) is 7.78. The Morgan fingerprint density at radius 1 is 1.17 bits per heavy atom. The summed E-state index contributed by atoms with van der Waals surface area (Å²) in [7, 11) is -3.35. The van der Waals surface area contributed by atoms with E-state index in [1.54, 1.807) is 0 Å².